The van der Waals surface area contributed by atoms with E-state index in [4.69, 9.17) is 10.1 Å². The average molecular weight is 474 g/mol. The molecule has 3 atom stereocenters. The number of nitrogens with one attached hydrogen (secondary N) is 1. The smallest absolute Gasteiger partial charge is 0.256 e. The molecule has 3 aromatic heterocycles. The van der Waals surface area contributed by atoms with Gasteiger partial charge in [-0.25, -0.2) is 9.50 Å². The highest BCUT2D eigenvalue weighted by Gasteiger charge is 2.33. The average Bonchev–Trinajstić information content (AvgIpc) is 3.56. The molecule has 0 bridgehead atoms. The Morgan fingerprint density at radius 2 is 2.03 bits per heavy atom. The molecule has 6 rings (SSSR count). The van der Waals surface area contributed by atoms with E-state index < -0.39 is 0 Å². The molecule has 1 amide bonds. The molecular weight excluding hydrogens is 442 g/mol. The Morgan fingerprint density at radius 3 is 2.83 bits per heavy atom. The number of carbonyl (C=O) groups is 1. The summed E-state index contributed by atoms with van der Waals surface area (Å²) >= 11 is 0. The maximum absolute atomic E-state index is 13.8. The minimum Gasteiger partial charge on any atom is -0.391 e. The molecule has 2 aliphatic rings. The quantitative estimate of drug-likeness (QED) is 0.473. The number of piperidine rings is 1. The predicted octanol–water partition coefficient (Wildman–Crippen LogP) is 3.41. The van der Waals surface area contributed by atoms with Gasteiger partial charge in [0.25, 0.3) is 5.91 Å². The molecule has 2 saturated heterocycles. The van der Waals surface area contributed by atoms with Crippen LogP contribution in [0.2, 0.25) is 0 Å². The number of nitrogens with zero attached hydrogens (tertiary/aromatic N) is 6. The lowest BCUT2D eigenvalue weighted by atomic mass is 9.97. The second-order valence-electron chi connectivity index (χ2n) is 10.2. The number of aliphatic hydroxyl groups is 1. The fourth-order valence-corrected chi connectivity index (χ4v) is 5.64. The van der Waals surface area contributed by atoms with E-state index in [0.29, 0.717) is 18.7 Å². The SMILES string of the molecule is Cc1cc(C(=O)N2CCCC[C@H]2c2cc3nc(N4C[C@@H](C)[C@@H](O)C4)c(C)cn3n2)c2[nH]ncc2c1. The first-order valence-electron chi connectivity index (χ1n) is 12.4. The van der Waals surface area contributed by atoms with Gasteiger partial charge in [-0.2, -0.15) is 10.2 Å². The third-order valence-corrected chi connectivity index (χ3v) is 7.52. The van der Waals surface area contributed by atoms with E-state index in [0.717, 1.165) is 65.0 Å². The summed E-state index contributed by atoms with van der Waals surface area (Å²) in [5.41, 5.74) is 5.13. The third kappa shape index (κ3) is 3.74. The van der Waals surface area contributed by atoms with Gasteiger partial charge < -0.3 is 14.9 Å². The van der Waals surface area contributed by atoms with E-state index in [9.17, 15) is 9.90 Å². The summed E-state index contributed by atoms with van der Waals surface area (Å²) in [6.07, 6.45) is 6.33. The van der Waals surface area contributed by atoms with Crippen molar-refractivity contribution < 1.29 is 9.90 Å². The molecule has 9 heteroatoms. The Balaban J connectivity index is 1.35. The standard InChI is InChI=1S/C26H31N7O2/c1-15-8-18-11-27-29-24(18)19(9-15)26(35)32-7-5-4-6-21(32)20-10-23-28-25(17(3)13-33(23)30-20)31-12-16(2)22(34)14-31/h8-11,13,16,21-22,34H,4-7,12,14H2,1-3H3,(H,27,29)/t16-,21+,22+/m1/s1. The number of aryl methyl sites for hydroxylation is 2. The monoisotopic (exact) mass is 473 g/mol. The van der Waals surface area contributed by atoms with Crippen LogP contribution in [0.3, 0.4) is 0 Å². The number of hydrogen-bond donors (Lipinski definition) is 2. The van der Waals surface area contributed by atoms with Crippen LogP contribution in [0.15, 0.2) is 30.6 Å². The number of hydrogen-bond acceptors (Lipinski definition) is 6. The second kappa shape index (κ2) is 8.34. The van der Waals surface area contributed by atoms with Crippen LogP contribution in [0, 0.1) is 19.8 Å². The van der Waals surface area contributed by atoms with Crippen LogP contribution in [0.5, 0.6) is 0 Å². The van der Waals surface area contributed by atoms with Gasteiger partial charge in [-0.1, -0.05) is 6.92 Å². The van der Waals surface area contributed by atoms with Crippen molar-refractivity contribution >= 4 is 28.3 Å². The molecule has 4 aromatic rings. The van der Waals surface area contributed by atoms with E-state index in [1.54, 1.807) is 6.20 Å². The van der Waals surface area contributed by atoms with E-state index in [1.165, 1.54) is 0 Å². The molecule has 0 aliphatic carbocycles. The van der Waals surface area contributed by atoms with E-state index in [2.05, 4.69) is 22.0 Å². The highest BCUT2D eigenvalue weighted by molar-refractivity contribution is 6.05. The highest BCUT2D eigenvalue weighted by atomic mass is 16.3. The van der Waals surface area contributed by atoms with Gasteiger partial charge in [0.1, 0.15) is 5.82 Å². The van der Waals surface area contributed by atoms with Crippen LogP contribution in [0.1, 0.15) is 59.4 Å². The van der Waals surface area contributed by atoms with Crippen LogP contribution in [0.25, 0.3) is 16.6 Å². The molecule has 2 fully saturated rings. The maximum atomic E-state index is 13.8. The summed E-state index contributed by atoms with van der Waals surface area (Å²) in [7, 11) is 0. The number of carbonyl (C=O) groups excluding carboxylic acids is 1. The number of anilines is 1. The number of aromatic nitrogens is 5. The fraction of sp³-hybridized carbons (Fsp3) is 0.462. The molecule has 2 N–H and O–H groups in total. The first-order chi connectivity index (χ1) is 16.9. The van der Waals surface area contributed by atoms with Gasteiger partial charge in [0.2, 0.25) is 0 Å². The zero-order chi connectivity index (χ0) is 24.3. The summed E-state index contributed by atoms with van der Waals surface area (Å²) in [5, 5.41) is 23.2. The molecule has 0 radical (unpaired) electrons. The number of H-pyrrole nitrogens is 1. The Kier molecular flexibility index (Phi) is 5.25. The van der Waals surface area contributed by atoms with E-state index in [1.807, 2.05) is 47.7 Å². The molecule has 0 spiro atoms. The Bertz CT molecular complexity index is 1410. The number of aromatic amines is 1. The number of benzene rings is 1. The van der Waals surface area contributed by atoms with Crippen molar-refractivity contribution in [1.82, 2.24) is 29.7 Å². The molecule has 9 nitrogen and oxygen atoms in total. The zero-order valence-corrected chi connectivity index (χ0v) is 20.4. The molecular formula is C26H31N7O2. The summed E-state index contributed by atoms with van der Waals surface area (Å²) < 4.78 is 1.82. The van der Waals surface area contributed by atoms with Crippen LogP contribution < -0.4 is 4.90 Å². The van der Waals surface area contributed by atoms with Crippen molar-refractivity contribution in [3.05, 3.63) is 53.0 Å². The van der Waals surface area contributed by atoms with Gasteiger partial charge in [-0.3, -0.25) is 9.89 Å². The van der Waals surface area contributed by atoms with Crippen LogP contribution in [-0.4, -0.2) is 66.4 Å². The molecule has 0 unspecified atom stereocenters. The van der Waals surface area contributed by atoms with Crippen LogP contribution >= 0.6 is 0 Å². The topological polar surface area (TPSA) is 103 Å². The minimum atomic E-state index is -0.335. The predicted molar refractivity (Wildman–Crippen MR) is 134 cm³/mol. The number of β-amino-alcohol motifs (C(OH)–C–C–N with tert-alkyl or cyclic N) is 1. The lowest BCUT2D eigenvalue weighted by Gasteiger charge is -2.35. The first-order valence-corrected chi connectivity index (χ1v) is 12.4. The number of likely N-dealkylation sites (tertiary alicyclic amines) is 1. The van der Waals surface area contributed by atoms with Gasteiger partial charge in [0.15, 0.2) is 5.65 Å². The van der Waals surface area contributed by atoms with Crippen molar-refractivity contribution in [1.29, 1.82) is 0 Å². The molecule has 1 aromatic carbocycles. The third-order valence-electron chi connectivity index (χ3n) is 7.52. The molecule has 182 valence electrons. The van der Waals surface area contributed by atoms with Gasteiger partial charge in [-0.05, 0) is 50.8 Å². The molecule has 5 heterocycles. The normalized spacial score (nSPS) is 23.0. The summed E-state index contributed by atoms with van der Waals surface area (Å²) in [5.74, 6) is 1.12. The van der Waals surface area contributed by atoms with E-state index >= 15 is 0 Å². The molecule has 35 heavy (non-hydrogen) atoms. The van der Waals surface area contributed by atoms with Crippen molar-refractivity contribution in [2.75, 3.05) is 24.5 Å². The lowest BCUT2D eigenvalue weighted by Crippen LogP contribution is -2.38. The number of amides is 1. The minimum absolute atomic E-state index is 0.00887. The Morgan fingerprint density at radius 1 is 1.17 bits per heavy atom. The van der Waals surface area contributed by atoms with Crippen molar-refractivity contribution in [3.63, 3.8) is 0 Å². The highest BCUT2D eigenvalue weighted by Crippen LogP contribution is 2.34. The Hall–Kier alpha value is -3.46. The number of aliphatic hydroxyl groups excluding tert-OH is 1. The summed E-state index contributed by atoms with van der Waals surface area (Å²) in [4.78, 5) is 22.8. The summed E-state index contributed by atoms with van der Waals surface area (Å²) in [6.45, 7) is 8.18. The molecule has 0 saturated carbocycles. The van der Waals surface area contributed by atoms with Gasteiger partial charge >= 0.3 is 0 Å². The fourth-order valence-electron chi connectivity index (χ4n) is 5.64. The number of rotatable bonds is 3. The van der Waals surface area contributed by atoms with Crippen molar-refractivity contribution in [2.24, 2.45) is 5.92 Å². The van der Waals surface area contributed by atoms with Crippen molar-refractivity contribution in [3.8, 4) is 0 Å². The van der Waals surface area contributed by atoms with Gasteiger partial charge in [-0.15, -0.1) is 0 Å². The first kappa shape index (κ1) is 22.0. The number of fused-ring (bicyclic) bond motifs is 2. The maximum Gasteiger partial charge on any atom is 0.256 e. The van der Waals surface area contributed by atoms with Gasteiger partial charge in [0, 0.05) is 48.8 Å². The largest absolute Gasteiger partial charge is 0.391 e. The van der Waals surface area contributed by atoms with Crippen LogP contribution in [0.4, 0.5) is 5.82 Å². The Labute approximate surface area is 203 Å². The van der Waals surface area contributed by atoms with Crippen LogP contribution in [-0.2, 0) is 0 Å². The zero-order valence-electron chi connectivity index (χ0n) is 20.4. The van der Waals surface area contributed by atoms with Gasteiger partial charge in [0.05, 0.1) is 35.1 Å². The summed E-state index contributed by atoms with van der Waals surface area (Å²) in [6, 6.07) is 5.89. The second-order valence-corrected chi connectivity index (χ2v) is 10.2. The van der Waals surface area contributed by atoms with E-state index in [-0.39, 0.29) is 24.0 Å². The van der Waals surface area contributed by atoms with Crippen molar-refractivity contribution in [2.45, 2.75) is 52.2 Å². The lowest BCUT2D eigenvalue weighted by molar-refractivity contribution is 0.0607. The molecule has 2 aliphatic heterocycles.